The number of aromatic amines is 1. The van der Waals surface area contributed by atoms with Crippen molar-refractivity contribution in [3.05, 3.63) is 34.7 Å². The minimum absolute atomic E-state index is 0.150. The van der Waals surface area contributed by atoms with Crippen molar-refractivity contribution in [2.75, 3.05) is 26.8 Å². The fourth-order valence-corrected chi connectivity index (χ4v) is 5.32. The summed E-state index contributed by atoms with van der Waals surface area (Å²) in [6.45, 7) is 7.09. The Balaban J connectivity index is 1.38. The van der Waals surface area contributed by atoms with Gasteiger partial charge in [-0.2, -0.15) is 5.10 Å². The van der Waals surface area contributed by atoms with Crippen molar-refractivity contribution in [3.8, 4) is 0 Å². The molecule has 0 bridgehead atoms. The minimum Gasteiger partial charge on any atom is -0.383 e. The van der Waals surface area contributed by atoms with Crippen LogP contribution < -0.4 is 0 Å². The van der Waals surface area contributed by atoms with Crippen molar-refractivity contribution < 1.29 is 9.53 Å². The molecule has 1 N–H and O–H groups in total. The molecule has 3 aliphatic rings. The lowest BCUT2D eigenvalue weighted by Crippen LogP contribution is -2.38. The van der Waals surface area contributed by atoms with Crippen molar-refractivity contribution in [2.24, 2.45) is 5.41 Å². The van der Waals surface area contributed by atoms with E-state index in [1.165, 1.54) is 32.1 Å². The summed E-state index contributed by atoms with van der Waals surface area (Å²) >= 11 is 0. The lowest BCUT2D eigenvalue weighted by Gasteiger charge is -2.41. The van der Waals surface area contributed by atoms with Crippen LogP contribution in [0.25, 0.3) is 0 Å². The van der Waals surface area contributed by atoms with E-state index in [0.29, 0.717) is 12.5 Å². The van der Waals surface area contributed by atoms with E-state index in [4.69, 9.17) is 9.72 Å². The minimum atomic E-state index is 0.150. The Kier molecular flexibility index (Phi) is 4.53. The van der Waals surface area contributed by atoms with Crippen LogP contribution in [-0.4, -0.2) is 57.4 Å². The molecule has 2 aromatic heterocycles. The fraction of sp³-hybridized carbons (Fsp3) is 0.682. The number of carbonyl (C=O) groups excluding carboxylic acids is 1. The van der Waals surface area contributed by atoms with Crippen LogP contribution in [0, 0.1) is 19.3 Å². The molecule has 1 aliphatic heterocycles. The number of hydrogen-bond donors (Lipinski definition) is 1. The number of hydrogen-bond acceptors (Lipinski definition) is 4. The quantitative estimate of drug-likeness (QED) is 0.812. The number of aromatic nitrogens is 4. The first-order chi connectivity index (χ1) is 14.0. The largest absolute Gasteiger partial charge is 0.383 e. The van der Waals surface area contributed by atoms with Crippen molar-refractivity contribution in [2.45, 2.75) is 64.3 Å². The second kappa shape index (κ2) is 6.97. The molecule has 0 radical (unpaired) electrons. The summed E-state index contributed by atoms with van der Waals surface area (Å²) in [6, 6.07) is 2.04. The maximum absolute atomic E-state index is 13.5. The number of nitrogens with one attached hydrogen (secondary N) is 1. The Labute approximate surface area is 171 Å². The molecule has 1 atom stereocenters. The van der Waals surface area contributed by atoms with Gasteiger partial charge in [0.2, 0.25) is 0 Å². The average Bonchev–Trinajstić information content (AvgIpc) is 3.16. The van der Waals surface area contributed by atoms with E-state index >= 15 is 0 Å². The summed E-state index contributed by atoms with van der Waals surface area (Å²) in [4.78, 5) is 20.4. The van der Waals surface area contributed by atoms with Crippen LogP contribution in [0.2, 0.25) is 0 Å². The Morgan fingerprint density at radius 3 is 2.79 bits per heavy atom. The Bertz CT molecular complexity index is 922. The Morgan fingerprint density at radius 1 is 1.34 bits per heavy atom. The Hall–Kier alpha value is -2.15. The maximum atomic E-state index is 13.5. The van der Waals surface area contributed by atoms with E-state index in [1.807, 2.05) is 13.0 Å². The summed E-state index contributed by atoms with van der Waals surface area (Å²) in [5.41, 5.74) is 3.15. The molecule has 1 amide bonds. The summed E-state index contributed by atoms with van der Waals surface area (Å²) in [5, 5.41) is 7.70. The molecule has 0 aromatic carbocycles. The highest BCUT2D eigenvalue weighted by atomic mass is 16.5. The van der Waals surface area contributed by atoms with Gasteiger partial charge in [-0.1, -0.05) is 6.42 Å². The van der Waals surface area contributed by atoms with Crippen molar-refractivity contribution in [1.29, 1.82) is 0 Å². The summed E-state index contributed by atoms with van der Waals surface area (Å²) in [7, 11) is 1.71. The van der Waals surface area contributed by atoms with Gasteiger partial charge in [0.15, 0.2) is 5.82 Å². The summed E-state index contributed by atoms with van der Waals surface area (Å²) < 4.78 is 7.41. The van der Waals surface area contributed by atoms with E-state index in [9.17, 15) is 4.79 Å². The van der Waals surface area contributed by atoms with Gasteiger partial charge in [0.1, 0.15) is 5.82 Å². The third kappa shape index (κ3) is 3.10. The number of methoxy groups -OCH3 is 1. The molecule has 29 heavy (non-hydrogen) atoms. The van der Waals surface area contributed by atoms with Crippen LogP contribution in [-0.2, 0) is 11.3 Å². The lowest BCUT2D eigenvalue weighted by atomic mass is 9.62. The Morgan fingerprint density at radius 2 is 2.14 bits per heavy atom. The van der Waals surface area contributed by atoms with Crippen LogP contribution in [0.5, 0.6) is 0 Å². The number of nitrogens with zero attached hydrogens (tertiary/aromatic N) is 4. The van der Waals surface area contributed by atoms with Gasteiger partial charge in [-0.25, -0.2) is 4.98 Å². The van der Waals surface area contributed by atoms with Gasteiger partial charge >= 0.3 is 0 Å². The highest BCUT2D eigenvalue weighted by Crippen LogP contribution is 2.55. The van der Waals surface area contributed by atoms with Crippen LogP contribution in [0.1, 0.15) is 77.3 Å². The number of ether oxygens (including phenoxy) is 1. The summed E-state index contributed by atoms with van der Waals surface area (Å²) in [5.74, 6) is 2.94. The number of amides is 1. The van der Waals surface area contributed by atoms with Crippen molar-refractivity contribution >= 4 is 5.91 Å². The molecule has 1 unspecified atom stereocenters. The van der Waals surface area contributed by atoms with E-state index in [0.717, 1.165) is 48.2 Å². The van der Waals surface area contributed by atoms with Crippen LogP contribution >= 0.6 is 0 Å². The zero-order valence-corrected chi connectivity index (χ0v) is 17.7. The fourth-order valence-electron chi connectivity index (χ4n) is 5.32. The molecule has 7 heteroatoms. The number of rotatable bonds is 6. The summed E-state index contributed by atoms with van der Waals surface area (Å²) in [6.07, 6.45) is 6.00. The molecular formula is C22H31N5O2. The van der Waals surface area contributed by atoms with Gasteiger partial charge in [-0.3, -0.25) is 9.89 Å². The molecule has 2 aliphatic carbocycles. The predicted molar refractivity (Wildman–Crippen MR) is 109 cm³/mol. The average molecular weight is 398 g/mol. The molecule has 2 saturated carbocycles. The van der Waals surface area contributed by atoms with Gasteiger partial charge in [0.25, 0.3) is 5.91 Å². The number of H-pyrrole nitrogens is 1. The van der Waals surface area contributed by atoms with Gasteiger partial charge in [-0.15, -0.1) is 0 Å². The van der Waals surface area contributed by atoms with Gasteiger partial charge in [0, 0.05) is 50.0 Å². The zero-order valence-electron chi connectivity index (χ0n) is 17.7. The van der Waals surface area contributed by atoms with Crippen molar-refractivity contribution in [1.82, 2.24) is 24.6 Å². The monoisotopic (exact) mass is 397 g/mol. The first-order valence-electron chi connectivity index (χ1n) is 10.9. The van der Waals surface area contributed by atoms with E-state index in [-0.39, 0.29) is 17.2 Å². The predicted octanol–water partition coefficient (Wildman–Crippen LogP) is 3.16. The number of likely N-dealkylation sites (tertiary alicyclic amines) is 1. The molecule has 1 spiro atoms. The van der Waals surface area contributed by atoms with Crippen LogP contribution in [0.15, 0.2) is 6.07 Å². The molecule has 3 heterocycles. The SMILES string of the molecule is COCCn1c(C)cc(C(=O)N2CC(c3nc(C4CC4)n[nH]3)C3(CCC3)C2)c1C. The highest BCUT2D eigenvalue weighted by Gasteiger charge is 2.53. The van der Waals surface area contributed by atoms with Gasteiger partial charge in [0.05, 0.1) is 12.2 Å². The van der Waals surface area contributed by atoms with Crippen LogP contribution in [0.4, 0.5) is 0 Å². The van der Waals surface area contributed by atoms with Crippen LogP contribution in [0.3, 0.4) is 0 Å². The van der Waals surface area contributed by atoms with E-state index in [2.05, 4.69) is 26.6 Å². The molecule has 5 rings (SSSR count). The maximum Gasteiger partial charge on any atom is 0.255 e. The lowest BCUT2D eigenvalue weighted by molar-refractivity contribution is 0.0723. The standard InChI is InChI=1S/C22H31N5O2/c1-14-11-17(15(2)27(14)9-10-29-3)21(28)26-12-18(22(13-26)7-4-8-22)20-23-19(24-25-20)16-5-6-16/h11,16,18H,4-10,12-13H2,1-3H3,(H,23,24,25). The second-order valence-corrected chi connectivity index (χ2v) is 9.24. The molecule has 156 valence electrons. The molecule has 3 fully saturated rings. The number of aryl methyl sites for hydroxylation is 1. The topological polar surface area (TPSA) is 76.0 Å². The first kappa shape index (κ1) is 18.9. The van der Waals surface area contributed by atoms with Gasteiger partial charge in [-0.05, 0) is 51.0 Å². The molecule has 7 nitrogen and oxygen atoms in total. The normalized spacial score (nSPS) is 23.0. The first-order valence-corrected chi connectivity index (χ1v) is 10.9. The highest BCUT2D eigenvalue weighted by molar-refractivity contribution is 5.96. The second-order valence-electron chi connectivity index (χ2n) is 9.24. The number of carbonyl (C=O) groups is 1. The third-order valence-electron chi connectivity index (χ3n) is 7.40. The van der Waals surface area contributed by atoms with Gasteiger partial charge < -0.3 is 14.2 Å². The zero-order chi connectivity index (χ0) is 20.2. The molecular weight excluding hydrogens is 366 g/mol. The smallest absolute Gasteiger partial charge is 0.255 e. The third-order valence-corrected chi connectivity index (χ3v) is 7.40. The molecule has 1 saturated heterocycles. The van der Waals surface area contributed by atoms with Crippen molar-refractivity contribution in [3.63, 3.8) is 0 Å². The van der Waals surface area contributed by atoms with E-state index < -0.39 is 0 Å². The van der Waals surface area contributed by atoms with E-state index in [1.54, 1.807) is 7.11 Å². The molecule has 2 aromatic rings.